The Morgan fingerprint density at radius 2 is 1.71 bits per heavy atom. The first-order chi connectivity index (χ1) is 11.5. The van der Waals surface area contributed by atoms with Crippen molar-refractivity contribution >= 4 is 11.4 Å². The summed E-state index contributed by atoms with van der Waals surface area (Å²) in [6, 6.07) is 12.8. The lowest BCUT2D eigenvalue weighted by Crippen LogP contribution is -2.16. The molecular weight excluding hydrogens is 308 g/mol. The van der Waals surface area contributed by atoms with Crippen LogP contribution < -0.4 is 14.4 Å². The summed E-state index contributed by atoms with van der Waals surface area (Å²) in [6.45, 7) is 5.46. The van der Waals surface area contributed by atoms with Crippen LogP contribution in [0.4, 0.5) is 11.4 Å². The van der Waals surface area contributed by atoms with E-state index in [4.69, 9.17) is 9.47 Å². The lowest BCUT2D eigenvalue weighted by molar-refractivity contribution is -0.385. The minimum absolute atomic E-state index is 0.0185. The van der Waals surface area contributed by atoms with Crippen LogP contribution in [0.25, 0.3) is 0 Å². The zero-order valence-corrected chi connectivity index (χ0v) is 14.2. The van der Waals surface area contributed by atoms with Gasteiger partial charge in [-0.25, -0.2) is 0 Å². The van der Waals surface area contributed by atoms with Crippen LogP contribution in [-0.2, 0) is 6.54 Å². The zero-order chi connectivity index (χ0) is 17.5. The fourth-order valence-corrected chi connectivity index (χ4v) is 2.39. The number of ether oxygens (including phenoxy) is 2. The minimum Gasteiger partial charge on any atom is -0.494 e. The van der Waals surface area contributed by atoms with E-state index >= 15 is 0 Å². The van der Waals surface area contributed by atoms with Gasteiger partial charge in [0.2, 0.25) is 0 Å². The van der Waals surface area contributed by atoms with Crippen molar-refractivity contribution in [2.45, 2.75) is 20.4 Å². The van der Waals surface area contributed by atoms with Crippen LogP contribution in [0.2, 0.25) is 0 Å². The highest BCUT2D eigenvalue weighted by Crippen LogP contribution is 2.31. The summed E-state index contributed by atoms with van der Waals surface area (Å²) in [5.74, 6) is 1.14. The topological polar surface area (TPSA) is 64.8 Å². The fourth-order valence-electron chi connectivity index (χ4n) is 2.39. The molecule has 0 aliphatic rings. The molecule has 0 radical (unpaired) electrons. The van der Waals surface area contributed by atoms with Gasteiger partial charge in [-0.2, -0.15) is 0 Å². The third kappa shape index (κ3) is 4.38. The van der Waals surface area contributed by atoms with E-state index in [0.717, 1.165) is 17.0 Å². The van der Waals surface area contributed by atoms with E-state index in [-0.39, 0.29) is 5.69 Å². The number of anilines is 1. The second kappa shape index (κ2) is 8.19. The molecule has 0 N–H and O–H groups in total. The molecule has 0 aliphatic heterocycles. The summed E-state index contributed by atoms with van der Waals surface area (Å²) in [7, 11) is 1.94. The van der Waals surface area contributed by atoms with Gasteiger partial charge in [0.15, 0.2) is 5.75 Å². The number of benzene rings is 2. The van der Waals surface area contributed by atoms with Crippen LogP contribution in [0.15, 0.2) is 42.5 Å². The first-order valence-electron chi connectivity index (χ1n) is 7.89. The molecule has 24 heavy (non-hydrogen) atoms. The van der Waals surface area contributed by atoms with Crippen molar-refractivity contribution in [2.75, 3.05) is 25.2 Å². The molecular formula is C18H22N2O4. The normalized spacial score (nSPS) is 10.3. The maximum atomic E-state index is 11.1. The smallest absolute Gasteiger partial charge is 0.311 e. The molecule has 128 valence electrons. The molecule has 0 aromatic heterocycles. The SMILES string of the molecule is CCOc1ccc(CN(C)c2ccc([N+](=O)[O-])c(OCC)c2)cc1. The fraction of sp³-hybridized carbons (Fsp3) is 0.333. The Morgan fingerprint density at radius 1 is 1.04 bits per heavy atom. The summed E-state index contributed by atoms with van der Waals surface area (Å²) in [4.78, 5) is 12.6. The zero-order valence-electron chi connectivity index (χ0n) is 14.2. The van der Waals surface area contributed by atoms with Gasteiger partial charge < -0.3 is 14.4 Å². The molecule has 2 aromatic rings. The lowest BCUT2D eigenvalue weighted by Gasteiger charge is -2.20. The van der Waals surface area contributed by atoms with Crippen LogP contribution in [0, 0.1) is 10.1 Å². The first-order valence-corrected chi connectivity index (χ1v) is 7.89. The molecule has 0 aliphatic carbocycles. The Hall–Kier alpha value is -2.76. The van der Waals surface area contributed by atoms with Crippen molar-refractivity contribution in [2.24, 2.45) is 0 Å². The van der Waals surface area contributed by atoms with Crippen LogP contribution in [0.5, 0.6) is 11.5 Å². The molecule has 0 bridgehead atoms. The van der Waals surface area contributed by atoms with Crippen LogP contribution >= 0.6 is 0 Å². The van der Waals surface area contributed by atoms with Gasteiger partial charge in [0, 0.05) is 31.4 Å². The number of rotatable bonds is 8. The van der Waals surface area contributed by atoms with E-state index < -0.39 is 4.92 Å². The molecule has 0 fully saturated rings. The minimum atomic E-state index is -0.429. The highest BCUT2D eigenvalue weighted by Gasteiger charge is 2.16. The molecule has 0 saturated heterocycles. The third-order valence-electron chi connectivity index (χ3n) is 3.53. The van der Waals surface area contributed by atoms with Crippen molar-refractivity contribution in [3.05, 3.63) is 58.1 Å². The van der Waals surface area contributed by atoms with Crippen molar-refractivity contribution < 1.29 is 14.4 Å². The van der Waals surface area contributed by atoms with Gasteiger partial charge in [0.05, 0.1) is 18.1 Å². The highest BCUT2D eigenvalue weighted by molar-refractivity contribution is 5.59. The van der Waals surface area contributed by atoms with Crippen LogP contribution in [0.1, 0.15) is 19.4 Å². The summed E-state index contributed by atoms with van der Waals surface area (Å²) >= 11 is 0. The van der Waals surface area contributed by atoms with Crippen LogP contribution in [-0.4, -0.2) is 25.2 Å². The van der Waals surface area contributed by atoms with Gasteiger partial charge in [0.1, 0.15) is 5.75 Å². The third-order valence-corrected chi connectivity index (χ3v) is 3.53. The Labute approximate surface area is 141 Å². The number of nitro groups is 1. The highest BCUT2D eigenvalue weighted by atomic mass is 16.6. The Bertz CT molecular complexity index is 686. The van der Waals surface area contributed by atoms with Gasteiger partial charge in [-0.3, -0.25) is 10.1 Å². The first kappa shape index (κ1) is 17.6. The van der Waals surface area contributed by atoms with Crippen molar-refractivity contribution in [1.29, 1.82) is 0 Å². The predicted octanol–water partition coefficient (Wildman–Crippen LogP) is 4.03. The number of nitro benzene ring substituents is 1. The molecule has 0 saturated carbocycles. The summed E-state index contributed by atoms with van der Waals surface area (Å²) in [5, 5.41) is 11.1. The molecule has 0 unspecified atom stereocenters. The second-order valence-electron chi connectivity index (χ2n) is 5.28. The van der Waals surface area contributed by atoms with E-state index in [0.29, 0.717) is 25.5 Å². The average Bonchev–Trinajstić information content (AvgIpc) is 2.57. The Kier molecular flexibility index (Phi) is 6.01. The lowest BCUT2D eigenvalue weighted by atomic mass is 10.2. The van der Waals surface area contributed by atoms with Crippen molar-refractivity contribution in [3.8, 4) is 11.5 Å². The molecule has 2 rings (SSSR count). The standard InChI is InChI=1S/C18H22N2O4/c1-4-23-16-9-6-14(7-10-16)13-19(3)15-8-11-17(20(21)22)18(12-15)24-5-2/h6-12H,4-5,13H2,1-3H3. The van der Waals surface area contributed by atoms with Gasteiger partial charge in [0.25, 0.3) is 0 Å². The number of hydrogen-bond acceptors (Lipinski definition) is 5. The predicted molar refractivity (Wildman–Crippen MR) is 94.0 cm³/mol. The molecule has 6 heteroatoms. The quantitative estimate of drug-likeness (QED) is 0.540. The summed E-state index contributed by atoms with van der Waals surface area (Å²) in [6.07, 6.45) is 0. The Balaban J connectivity index is 2.15. The van der Waals surface area contributed by atoms with Gasteiger partial charge in [-0.15, -0.1) is 0 Å². The molecule has 0 atom stereocenters. The molecule has 0 spiro atoms. The maximum absolute atomic E-state index is 11.1. The largest absolute Gasteiger partial charge is 0.494 e. The van der Waals surface area contributed by atoms with Crippen LogP contribution in [0.3, 0.4) is 0 Å². The van der Waals surface area contributed by atoms with E-state index in [9.17, 15) is 10.1 Å². The van der Waals surface area contributed by atoms with E-state index in [1.807, 2.05) is 43.1 Å². The maximum Gasteiger partial charge on any atom is 0.311 e. The molecule has 6 nitrogen and oxygen atoms in total. The van der Waals surface area contributed by atoms with Crippen molar-refractivity contribution in [1.82, 2.24) is 0 Å². The average molecular weight is 330 g/mol. The summed E-state index contributed by atoms with van der Waals surface area (Å²) in [5.41, 5.74) is 1.96. The summed E-state index contributed by atoms with van der Waals surface area (Å²) < 4.78 is 10.8. The van der Waals surface area contributed by atoms with Crippen molar-refractivity contribution in [3.63, 3.8) is 0 Å². The number of nitrogens with zero attached hydrogens (tertiary/aromatic N) is 2. The molecule has 2 aromatic carbocycles. The van der Waals surface area contributed by atoms with Gasteiger partial charge in [-0.05, 0) is 37.6 Å². The monoisotopic (exact) mass is 330 g/mol. The van der Waals surface area contributed by atoms with Gasteiger partial charge >= 0.3 is 5.69 Å². The van der Waals surface area contributed by atoms with E-state index in [1.54, 1.807) is 19.1 Å². The molecule has 0 heterocycles. The van der Waals surface area contributed by atoms with E-state index in [2.05, 4.69) is 0 Å². The van der Waals surface area contributed by atoms with Gasteiger partial charge in [-0.1, -0.05) is 12.1 Å². The van der Waals surface area contributed by atoms with E-state index in [1.165, 1.54) is 6.07 Å². The Morgan fingerprint density at radius 3 is 2.29 bits per heavy atom. The molecule has 0 amide bonds. The second-order valence-corrected chi connectivity index (χ2v) is 5.28. The number of hydrogen-bond donors (Lipinski definition) is 0.